The fourth-order valence-corrected chi connectivity index (χ4v) is 3.76. The largest absolute Gasteiger partial charge is 0.444 e. The van der Waals surface area contributed by atoms with Crippen LogP contribution in [0.1, 0.15) is 34.3 Å². The van der Waals surface area contributed by atoms with Gasteiger partial charge in [0.25, 0.3) is 5.91 Å². The second kappa shape index (κ2) is 9.41. The quantitative estimate of drug-likeness (QED) is 0.619. The zero-order chi connectivity index (χ0) is 24.4. The minimum Gasteiger partial charge on any atom is -0.444 e. The Morgan fingerprint density at radius 1 is 1.18 bits per heavy atom. The molecule has 1 unspecified atom stereocenters. The molecule has 0 spiro atoms. The van der Waals surface area contributed by atoms with Crippen molar-refractivity contribution in [3.63, 3.8) is 0 Å². The molecule has 2 aromatic rings. The number of nitrogens with zero attached hydrogens (tertiary/aromatic N) is 1. The number of hydrogen-bond acceptors (Lipinski definition) is 6. The van der Waals surface area contributed by atoms with Crippen LogP contribution in [0.5, 0.6) is 5.75 Å². The fourth-order valence-electron chi connectivity index (χ4n) is 3.76. The summed E-state index contributed by atoms with van der Waals surface area (Å²) in [5, 5.41) is 4.50. The number of imide groups is 1. The van der Waals surface area contributed by atoms with Gasteiger partial charge in [0.2, 0.25) is 11.8 Å². The number of piperidine rings is 1. The molecule has 1 fully saturated rings. The Kier molecular flexibility index (Phi) is 6.39. The Balaban J connectivity index is 1.37. The Morgan fingerprint density at radius 2 is 1.97 bits per heavy atom. The zero-order valence-corrected chi connectivity index (χ0v) is 17.5. The van der Waals surface area contributed by atoms with Gasteiger partial charge in [-0.1, -0.05) is 12.1 Å². The van der Waals surface area contributed by atoms with Crippen molar-refractivity contribution < 1.29 is 41.8 Å². The predicted molar refractivity (Wildman–Crippen MR) is 109 cm³/mol. The zero-order valence-electron chi connectivity index (χ0n) is 17.5. The molecule has 0 radical (unpaired) electrons. The number of hydrogen-bond donors (Lipinski definition) is 2. The predicted octanol–water partition coefficient (Wildman–Crippen LogP) is 2.94. The third-order valence-electron chi connectivity index (χ3n) is 5.36. The smallest absolute Gasteiger partial charge is 0.411 e. The number of rotatable bonds is 6. The minimum atomic E-state index is -3.23. The fraction of sp³-hybridized carbons (Fsp3) is 0.273. The molecular weight excluding hydrogens is 459 g/mol. The van der Waals surface area contributed by atoms with Gasteiger partial charge in [0.1, 0.15) is 12.6 Å². The lowest BCUT2D eigenvalue weighted by Crippen LogP contribution is -2.52. The van der Waals surface area contributed by atoms with Gasteiger partial charge in [-0.15, -0.1) is 0 Å². The molecule has 0 aromatic heterocycles. The van der Waals surface area contributed by atoms with Gasteiger partial charge in [0.15, 0.2) is 11.6 Å². The van der Waals surface area contributed by atoms with Crippen molar-refractivity contribution in [1.82, 2.24) is 10.2 Å². The third-order valence-corrected chi connectivity index (χ3v) is 5.36. The number of alkyl halides is 2. The van der Waals surface area contributed by atoms with E-state index in [1.807, 2.05) is 0 Å². The molecule has 34 heavy (non-hydrogen) atoms. The molecule has 2 N–H and O–H groups in total. The van der Waals surface area contributed by atoms with Crippen LogP contribution >= 0.6 is 0 Å². The first-order valence-electron chi connectivity index (χ1n) is 10.2. The van der Waals surface area contributed by atoms with Gasteiger partial charge in [0.05, 0.1) is 0 Å². The average Bonchev–Trinajstić information content (AvgIpc) is 3.10. The maximum Gasteiger partial charge on any atom is 0.411 e. The van der Waals surface area contributed by atoms with Crippen molar-refractivity contribution in [2.24, 2.45) is 0 Å². The van der Waals surface area contributed by atoms with E-state index in [0.29, 0.717) is 16.7 Å². The molecule has 0 saturated carbocycles. The molecule has 2 aromatic carbocycles. The highest BCUT2D eigenvalue weighted by Crippen LogP contribution is 2.28. The van der Waals surface area contributed by atoms with E-state index in [0.717, 1.165) is 18.2 Å². The molecule has 2 heterocycles. The minimum absolute atomic E-state index is 0.0222. The van der Waals surface area contributed by atoms with E-state index in [9.17, 15) is 32.3 Å². The standard InChI is InChI=1S/C22H18F3N3O6/c23-15-4-3-13(8-17(15)34-21(24)25)26-22(32)33-10-11-1-2-12-9-28(20(31)14(12)7-11)16-5-6-18(29)27-19(16)30/h1-4,7-8,16,21H,5-6,9-10H2,(H,26,32)(H,27,29,30). The van der Waals surface area contributed by atoms with E-state index in [1.54, 1.807) is 18.2 Å². The molecular formula is C22H18F3N3O6. The molecule has 1 atom stereocenters. The van der Waals surface area contributed by atoms with Gasteiger partial charge in [-0.3, -0.25) is 25.0 Å². The van der Waals surface area contributed by atoms with Crippen molar-refractivity contribution >= 4 is 29.5 Å². The molecule has 178 valence electrons. The van der Waals surface area contributed by atoms with Crippen LogP contribution in [0.4, 0.5) is 23.7 Å². The Labute approximate surface area is 190 Å². The van der Waals surface area contributed by atoms with Gasteiger partial charge in [-0.2, -0.15) is 8.78 Å². The third kappa shape index (κ3) is 4.95. The highest BCUT2D eigenvalue weighted by molar-refractivity contribution is 6.05. The number of ether oxygens (including phenoxy) is 2. The highest BCUT2D eigenvalue weighted by atomic mass is 19.3. The lowest BCUT2D eigenvalue weighted by Gasteiger charge is -2.29. The van der Waals surface area contributed by atoms with Crippen LogP contribution in [0.3, 0.4) is 0 Å². The van der Waals surface area contributed by atoms with Gasteiger partial charge >= 0.3 is 12.7 Å². The number of amides is 4. The van der Waals surface area contributed by atoms with Crippen LogP contribution < -0.4 is 15.4 Å². The van der Waals surface area contributed by atoms with Crippen LogP contribution in [0.15, 0.2) is 36.4 Å². The maximum atomic E-state index is 13.5. The molecule has 2 aliphatic heterocycles. The van der Waals surface area contributed by atoms with E-state index in [1.165, 1.54) is 4.90 Å². The van der Waals surface area contributed by atoms with Crippen LogP contribution in [0.25, 0.3) is 0 Å². The van der Waals surface area contributed by atoms with Crippen molar-refractivity contribution in [2.75, 3.05) is 5.32 Å². The molecule has 9 nitrogen and oxygen atoms in total. The highest BCUT2D eigenvalue weighted by Gasteiger charge is 2.39. The number of benzene rings is 2. The van der Waals surface area contributed by atoms with Gasteiger partial charge in [-0.05, 0) is 35.7 Å². The van der Waals surface area contributed by atoms with E-state index in [4.69, 9.17) is 4.74 Å². The Morgan fingerprint density at radius 3 is 2.71 bits per heavy atom. The van der Waals surface area contributed by atoms with Crippen molar-refractivity contribution in [2.45, 2.75) is 38.6 Å². The Hall–Kier alpha value is -4.09. The van der Waals surface area contributed by atoms with E-state index < -0.39 is 36.2 Å². The number of carbonyl (C=O) groups excluding carboxylic acids is 4. The van der Waals surface area contributed by atoms with Crippen molar-refractivity contribution in [1.29, 1.82) is 0 Å². The molecule has 12 heteroatoms. The summed E-state index contributed by atoms with van der Waals surface area (Å²) in [4.78, 5) is 49.8. The van der Waals surface area contributed by atoms with Crippen molar-refractivity contribution in [3.8, 4) is 5.75 Å². The SMILES string of the molecule is O=C1CCC(N2Cc3ccc(COC(=O)Nc4ccc(F)c(OC(F)F)c4)cc3C2=O)C(=O)N1. The maximum absolute atomic E-state index is 13.5. The normalized spacial score (nSPS) is 17.5. The summed E-state index contributed by atoms with van der Waals surface area (Å²) >= 11 is 0. The summed E-state index contributed by atoms with van der Waals surface area (Å²) in [5.41, 5.74) is 1.53. The van der Waals surface area contributed by atoms with Gasteiger partial charge < -0.3 is 14.4 Å². The monoisotopic (exact) mass is 477 g/mol. The summed E-state index contributed by atoms with van der Waals surface area (Å²) in [6.07, 6.45) is -0.547. The first kappa shape index (κ1) is 23.1. The first-order chi connectivity index (χ1) is 16.2. The summed E-state index contributed by atoms with van der Waals surface area (Å²) in [5.74, 6) is -3.00. The van der Waals surface area contributed by atoms with E-state index in [2.05, 4.69) is 15.4 Å². The van der Waals surface area contributed by atoms with Crippen LogP contribution in [0, 0.1) is 5.82 Å². The lowest BCUT2D eigenvalue weighted by atomic mass is 10.0. The number of halogens is 3. The van der Waals surface area contributed by atoms with Gasteiger partial charge in [0, 0.05) is 30.3 Å². The molecule has 1 saturated heterocycles. The second-order valence-corrected chi connectivity index (χ2v) is 7.62. The molecule has 4 amide bonds. The molecule has 0 bridgehead atoms. The summed E-state index contributed by atoms with van der Waals surface area (Å²) in [7, 11) is 0. The number of anilines is 1. The summed E-state index contributed by atoms with van der Waals surface area (Å²) in [6.45, 7) is -3.23. The first-order valence-corrected chi connectivity index (χ1v) is 10.2. The lowest BCUT2D eigenvalue weighted by molar-refractivity contribution is -0.136. The van der Waals surface area contributed by atoms with E-state index >= 15 is 0 Å². The van der Waals surface area contributed by atoms with Gasteiger partial charge in [-0.25, -0.2) is 9.18 Å². The average molecular weight is 477 g/mol. The van der Waals surface area contributed by atoms with Crippen LogP contribution in [-0.2, 0) is 27.5 Å². The van der Waals surface area contributed by atoms with Crippen LogP contribution in [0.2, 0.25) is 0 Å². The Bertz CT molecular complexity index is 1170. The molecule has 0 aliphatic carbocycles. The summed E-state index contributed by atoms with van der Waals surface area (Å²) < 4.78 is 47.3. The number of nitrogens with one attached hydrogen (secondary N) is 2. The van der Waals surface area contributed by atoms with Crippen LogP contribution in [-0.4, -0.2) is 41.4 Å². The summed E-state index contributed by atoms with van der Waals surface area (Å²) in [6, 6.07) is 7.03. The molecule has 2 aliphatic rings. The number of fused-ring (bicyclic) bond motifs is 1. The van der Waals surface area contributed by atoms with Crippen molar-refractivity contribution in [3.05, 3.63) is 58.9 Å². The van der Waals surface area contributed by atoms with E-state index in [-0.39, 0.29) is 43.5 Å². The topological polar surface area (TPSA) is 114 Å². The number of carbonyl (C=O) groups is 4. The molecule has 4 rings (SSSR count). The second-order valence-electron chi connectivity index (χ2n) is 7.62.